The van der Waals surface area contributed by atoms with Gasteiger partial charge in [-0.1, -0.05) is 18.2 Å². The van der Waals surface area contributed by atoms with E-state index in [0.29, 0.717) is 0 Å². The van der Waals surface area contributed by atoms with Crippen molar-refractivity contribution in [3.8, 4) is 16.9 Å². The Kier molecular flexibility index (Phi) is 3.42. The molecule has 0 atom stereocenters. The molecule has 0 amide bonds. The lowest BCUT2D eigenvalue weighted by atomic mass is 10.0. The summed E-state index contributed by atoms with van der Waals surface area (Å²) in [5, 5.41) is 0. The Hall–Kier alpha value is -2.11. The van der Waals surface area contributed by atoms with Crippen LogP contribution in [-0.4, -0.2) is 6.36 Å². The molecule has 6 heteroatoms. The maximum Gasteiger partial charge on any atom is 0.573 e. The van der Waals surface area contributed by atoms with Gasteiger partial charge >= 0.3 is 6.36 Å². The molecule has 100 valence electrons. The second-order valence-electron chi connectivity index (χ2n) is 3.67. The first kappa shape index (κ1) is 13.3. The zero-order chi connectivity index (χ0) is 14.0. The van der Waals surface area contributed by atoms with Crippen LogP contribution in [-0.2, 0) is 0 Å². The van der Waals surface area contributed by atoms with Gasteiger partial charge in [0.15, 0.2) is 0 Å². The summed E-state index contributed by atoms with van der Waals surface area (Å²) in [4.78, 5) is 0. The Balaban J connectivity index is 2.44. The molecule has 0 N–H and O–H groups in total. The van der Waals surface area contributed by atoms with Crippen molar-refractivity contribution < 1.29 is 26.7 Å². The summed E-state index contributed by atoms with van der Waals surface area (Å²) in [7, 11) is 0. The lowest BCUT2D eigenvalue weighted by Gasteiger charge is -2.10. The summed E-state index contributed by atoms with van der Waals surface area (Å²) in [5.74, 6) is -2.25. The second kappa shape index (κ2) is 4.87. The Morgan fingerprint density at radius 2 is 1.42 bits per heavy atom. The van der Waals surface area contributed by atoms with Gasteiger partial charge in [0.25, 0.3) is 0 Å². The molecule has 0 aromatic heterocycles. The largest absolute Gasteiger partial charge is 0.573 e. The van der Waals surface area contributed by atoms with E-state index in [9.17, 15) is 22.0 Å². The molecule has 0 saturated heterocycles. The number of hydrogen-bond donors (Lipinski definition) is 0. The number of ether oxygens (including phenoxy) is 1. The normalized spacial score (nSPS) is 11.4. The molecule has 2 aromatic carbocycles. The number of rotatable bonds is 2. The van der Waals surface area contributed by atoms with Crippen LogP contribution in [0.15, 0.2) is 42.5 Å². The topological polar surface area (TPSA) is 9.23 Å². The number of hydrogen-bond acceptors (Lipinski definition) is 1. The molecule has 0 spiro atoms. The minimum absolute atomic E-state index is 0.0302. The maximum atomic E-state index is 13.5. The minimum Gasteiger partial charge on any atom is -0.406 e. The molecular weight excluding hydrogens is 267 g/mol. The molecule has 0 saturated carbocycles. The highest BCUT2D eigenvalue weighted by Gasteiger charge is 2.31. The van der Waals surface area contributed by atoms with Crippen molar-refractivity contribution >= 4 is 0 Å². The summed E-state index contributed by atoms with van der Waals surface area (Å²) >= 11 is 0. The lowest BCUT2D eigenvalue weighted by Crippen LogP contribution is -2.17. The van der Waals surface area contributed by atoms with Crippen LogP contribution >= 0.6 is 0 Å². The molecule has 0 unspecified atom stereocenters. The Bertz CT molecular complexity index is 572. The fraction of sp³-hybridized carbons (Fsp3) is 0.0769. The van der Waals surface area contributed by atoms with Crippen LogP contribution < -0.4 is 4.74 Å². The molecule has 2 rings (SSSR count). The Morgan fingerprint density at radius 1 is 0.842 bits per heavy atom. The minimum atomic E-state index is -4.85. The molecule has 0 heterocycles. The predicted octanol–water partition coefficient (Wildman–Crippen LogP) is 4.53. The summed E-state index contributed by atoms with van der Waals surface area (Å²) in [6, 6.07) is 7.72. The lowest BCUT2D eigenvalue weighted by molar-refractivity contribution is -0.274. The molecule has 0 bridgehead atoms. The molecule has 0 fully saturated rings. The van der Waals surface area contributed by atoms with Crippen molar-refractivity contribution in [2.24, 2.45) is 0 Å². The van der Waals surface area contributed by atoms with E-state index in [4.69, 9.17) is 0 Å². The molecule has 0 aliphatic heterocycles. The summed E-state index contributed by atoms with van der Waals surface area (Å²) in [6.07, 6.45) is -4.85. The highest BCUT2D eigenvalue weighted by atomic mass is 19.4. The summed E-state index contributed by atoms with van der Waals surface area (Å²) in [6.45, 7) is 0. The van der Waals surface area contributed by atoms with E-state index >= 15 is 0 Å². The molecule has 1 nitrogen and oxygen atoms in total. The third kappa shape index (κ3) is 3.21. The van der Waals surface area contributed by atoms with Gasteiger partial charge < -0.3 is 4.74 Å². The van der Waals surface area contributed by atoms with Gasteiger partial charge in [-0.05, 0) is 29.8 Å². The monoisotopic (exact) mass is 274 g/mol. The van der Waals surface area contributed by atoms with E-state index in [2.05, 4.69) is 4.74 Å². The first-order chi connectivity index (χ1) is 8.87. The predicted molar refractivity (Wildman–Crippen MR) is 58.5 cm³/mol. The molecule has 0 aliphatic carbocycles. The van der Waals surface area contributed by atoms with Gasteiger partial charge in [-0.3, -0.25) is 0 Å². The smallest absolute Gasteiger partial charge is 0.406 e. The SMILES string of the molecule is Fc1cccc(F)c1-c1cccc(OC(F)(F)F)c1. The third-order valence-electron chi connectivity index (χ3n) is 2.32. The zero-order valence-electron chi connectivity index (χ0n) is 9.34. The van der Waals surface area contributed by atoms with E-state index in [1.54, 1.807) is 0 Å². The van der Waals surface area contributed by atoms with Gasteiger partial charge in [-0.2, -0.15) is 0 Å². The van der Waals surface area contributed by atoms with Crippen molar-refractivity contribution in [3.63, 3.8) is 0 Å². The van der Waals surface area contributed by atoms with Gasteiger partial charge in [0.2, 0.25) is 0 Å². The fourth-order valence-corrected chi connectivity index (χ4v) is 1.62. The Labute approximate surface area is 105 Å². The van der Waals surface area contributed by atoms with Crippen LogP contribution in [0.2, 0.25) is 0 Å². The molecule has 0 aliphatic rings. The first-order valence-electron chi connectivity index (χ1n) is 5.17. The van der Waals surface area contributed by atoms with E-state index in [1.807, 2.05) is 0 Å². The van der Waals surface area contributed by atoms with Crippen LogP contribution in [0.25, 0.3) is 11.1 Å². The van der Waals surface area contributed by atoms with Crippen molar-refractivity contribution in [1.29, 1.82) is 0 Å². The van der Waals surface area contributed by atoms with Crippen LogP contribution in [0.3, 0.4) is 0 Å². The highest BCUT2D eigenvalue weighted by Crippen LogP contribution is 2.30. The molecular formula is C13H7F5O. The van der Waals surface area contributed by atoms with Crippen LogP contribution in [0.5, 0.6) is 5.75 Å². The van der Waals surface area contributed by atoms with E-state index in [-0.39, 0.29) is 5.56 Å². The van der Waals surface area contributed by atoms with E-state index in [1.165, 1.54) is 18.2 Å². The zero-order valence-corrected chi connectivity index (χ0v) is 9.34. The fourth-order valence-electron chi connectivity index (χ4n) is 1.62. The average Bonchev–Trinajstić information content (AvgIpc) is 2.26. The average molecular weight is 274 g/mol. The van der Waals surface area contributed by atoms with Crippen LogP contribution in [0.4, 0.5) is 22.0 Å². The summed E-state index contributed by atoms with van der Waals surface area (Å²) < 4.78 is 66.9. The van der Waals surface area contributed by atoms with Crippen LogP contribution in [0.1, 0.15) is 0 Å². The van der Waals surface area contributed by atoms with Crippen LogP contribution in [0, 0.1) is 11.6 Å². The van der Waals surface area contributed by atoms with Crippen molar-refractivity contribution in [1.82, 2.24) is 0 Å². The number of halogens is 5. The van der Waals surface area contributed by atoms with Gasteiger partial charge in [-0.25, -0.2) is 8.78 Å². The highest BCUT2D eigenvalue weighted by molar-refractivity contribution is 5.66. The van der Waals surface area contributed by atoms with Gasteiger partial charge in [0, 0.05) is 0 Å². The standard InChI is InChI=1S/C13H7F5O/c14-10-5-2-6-11(15)12(10)8-3-1-4-9(7-8)19-13(16,17)18/h1-7H. The number of alkyl halides is 3. The first-order valence-corrected chi connectivity index (χ1v) is 5.17. The van der Waals surface area contributed by atoms with Crippen molar-refractivity contribution in [3.05, 3.63) is 54.1 Å². The van der Waals surface area contributed by atoms with E-state index in [0.717, 1.165) is 24.3 Å². The van der Waals surface area contributed by atoms with Crippen molar-refractivity contribution in [2.75, 3.05) is 0 Å². The summed E-state index contributed by atoms with van der Waals surface area (Å²) in [5.41, 5.74) is -0.424. The van der Waals surface area contributed by atoms with Crippen molar-refractivity contribution in [2.45, 2.75) is 6.36 Å². The molecule has 2 aromatic rings. The number of benzene rings is 2. The second-order valence-corrected chi connectivity index (χ2v) is 3.67. The molecule has 19 heavy (non-hydrogen) atoms. The van der Waals surface area contributed by atoms with Gasteiger partial charge in [-0.15, -0.1) is 13.2 Å². The van der Waals surface area contributed by atoms with Gasteiger partial charge in [0.1, 0.15) is 17.4 Å². The maximum absolute atomic E-state index is 13.5. The Morgan fingerprint density at radius 3 is 2.00 bits per heavy atom. The third-order valence-corrected chi connectivity index (χ3v) is 2.32. The van der Waals surface area contributed by atoms with E-state index < -0.39 is 29.3 Å². The van der Waals surface area contributed by atoms with Gasteiger partial charge in [0.05, 0.1) is 5.56 Å². The molecule has 0 radical (unpaired) electrons. The quantitative estimate of drug-likeness (QED) is 0.731.